The van der Waals surface area contributed by atoms with E-state index in [4.69, 9.17) is 5.73 Å². The molecule has 78 valence electrons. The number of aromatic nitrogens is 1. The number of rotatable bonds is 2. The molecular weight excluding hydrogens is 272 g/mol. The molecule has 2 nitrogen and oxygen atoms in total. The minimum atomic E-state index is -0.00233. The number of nitrogens with two attached hydrogens (primary N) is 1. The normalized spacial score (nSPS) is 12.7. The van der Waals surface area contributed by atoms with E-state index in [-0.39, 0.29) is 6.04 Å². The lowest BCUT2D eigenvalue weighted by Crippen LogP contribution is -2.04. The molecule has 1 heterocycles. The Bertz CT molecular complexity index is 465. The first-order chi connectivity index (χ1) is 7.18. The first kappa shape index (κ1) is 10.8. The van der Waals surface area contributed by atoms with E-state index in [1.54, 1.807) is 11.3 Å². The van der Waals surface area contributed by atoms with Gasteiger partial charge < -0.3 is 5.73 Å². The molecule has 2 rings (SSSR count). The third-order valence-corrected chi connectivity index (χ3v) is 3.68. The zero-order chi connectivity index (χ0) is 10.8. The van der Waals surface area contributed by atoms with Crippen LogP contribution < -0.4 is 5.73 Å². The molecule has 1 unspecified atom stereocenters. The van der Waals surface area contributed by atoms with Crippen molar-refractivity contribution in [2.24, 2.45) is 5.73 Å². The summed E-state index contributed by atoms with van der Waals surface area (Å²) >= 11 is 5.14. The van der Waals surface area contributed by atoms with Crippen LogP contribution >= 0.6 is 27.3 Å². The van der Waals surface area contributed by atoms with Gasteiger partial charge in [0.1, 0.15) is 5.01 Å². The van der Waals surface area contributed by atoms with Gasteiger partial charge in [-0.2, -0.15) is 0 Å². The average molecular weight is 283 g/mol. The van der Waals surface area contributed by atoms with Crippen LogP contribution in [-0.4, -0.2) is 4.98 Å². The fraction of sp³-hybridized carbons (Fsp3) is 0.182. The quantitative estimate of drug-likeness (QED) is 0.914. The summed E-state index contributed by atoms with van der Waals surface area (Å²) in [6, 6.07) is 8.06. The van der Waals surface area contributed by atoms with E-state index < -0.39 is 0 Å². The lowest BCUT2D eigenvalue weighted by atomic mass is 10.2. The monoisotopic (exact) mass is 282 g/mol. The first-order valence-corrected chi connectivity index (χ1v) is 6.31. The Balaban J connectivity index is 2.42. The second-order valence-corrected chi connectivity index (χ2v) is 5.06. The first-order valence-electron chi connectivity index (χ1n) is 4.64. The summed E-state index contributed by atoms with van der Waals surface area (Å²) < 4.78 is 1.07. The van der Waals surface area contributed by atoms with Gasteiger partial charge >= 0.3 is 0 Å². The standard InChI is InChI=1S/C11H11BrN2S/c1-7(13)10-6-15-11(14-10)8-4-2-3-5-9(8)12/h2-7H,13H2,1H3. The molecule has 2 N–H and O–H groups in total. The van der Waals surface area contributed by atoms with Crippen molar-refractivity contribution >= 4 is 27.3 Å². The SMILES string of the molecule is CC(N)c1csc(-c2ccccc2Br)n1. The lowest BCUT2D eigenvalue weighted by Gasteiger charge is -2.00. The van der Waals surface area contributed by atoms with E-state index in [1.165, 1.54) is 0 Å². The van der Waals surface area contributed by atoms with Gasteiger partial charge in [0.15, 0.2) is 0 Å². The minimum Gasteiger partial charge on any atom is -0.323 e. The highest BCUT2D eigenvalue weighted by atomic mass is 79.9. The number of hydrogen-bond donors (Lipinski definition) is 1. The van der Waals surface area contributed by atoms with Crippen LogP contribution in [0.1, 0.15) is 18.7 Å². The Morgan fingerprint density at radius 2 is 2.13 bits per heavy atom. The molecule has 0 saturated carbocycles. The molecule has 0 aliphatic heterocycles. The highest BCUT2D eigenvalue weighted by molar-refractivity contribution is 9.10. The molecular formula is C11H11BrN2S. The zero-order valence-electron chi connectivity index (χ0n) is 8.27. The van der Waals surface area contributed by atoms with Crippen LogP contribution in [0, 0.1) is 0 Å². The number of halogens is 1. The predicted octanol–water partition coefficient (Wildman–Crippen LogP) is 3.59. The molecule has 0 bridgehead atoms. The molecule has 0 amide bonds. The van der Waals surface area contributed by atoms with E-state index in [0.29, 0.717) is 0 Å². The highest BCUT2D eigenvalue weighted by Gasteiger charge is 2.09. The summed E-state index contributed by atoms with van der Waals surface area (Å²) in [7, 11) is 0. The van der Waals surface area contributed by atoms with Crippen LogP contribution in [0.5, 0.6) is 0 Å². The van der Waals surface area contributed by atoms with E-state index >= 15 is 0 Å². The summed E-state index contributed by atoms with van der Waals surface area (Å²) in [5.74, 6) is 0. The number of thiazole rings is 1. The lowest BCUT2D eigenvalue weighted by molar-refractivity contribution is 0.790. The van der Waals surface area contributed by atoms with Crippen molar-refractivity contribution in [1.29, 1.82) is 0 Å². The summed E-state index contributed by atoms with van der Waals surface area (Å²) in [4.78, 5) is 4.50. The largest absolute Gasteiger partial charge is 0.323 e. The van der Waals surface area contributed by atoms with Gasteiger partial charge in [-0.15, -0.1) is 11.3 Å². The minimum absolute atomic E-state index is 0.00233. The maximum Gasteiger partial charge on any atom is 0.124 e. The Labute approximate surface area is 101 Å². The Kier molecular flexibility index (Phi) is 3.19. The maximum atomic E-state index is 5.78. The van der Waals surface area contributed by atoms with Crippen LogP contribution in [0.3, 0.4) is 0 Å². The van der Waals surface area contributed by atoms with Crippen molar-refractivity contribution in [3.63, 3.8) is 0 Å². The Hall–Kier alpha value is -0.710. The van der Waals surface area contributed by atoms with Gasteiger partial charge in [-0.25, -0.2) is 4.98 Å². The highest BCUT2D eigenvalue weighted by Crippen LogP contribution is 2.31. The van der Waals surface area contributed by atoms with Crippen molar-refractivity contribution in [2.75, 3.05) is 0 Å². The van der Waals surface area contributed by atoms with E-state index in [9.17, 15) is 0 Å². The summed E-state index contributed by atoms with van der Waals surface area (Å²) in [6.07, 6.45) is 0. The number of hydrogen-bond acceptors (Lipinski definition) is 3. The van der Waals surface area contributed by atoms with Crippen molar-refractivity contribution in [1.82, 2.24) is 4.98 Å². The van der Waals surface area contributed by atoms with E-state index in [2.05, 4.69) is 20.9 Å². The van der Waals surface area contributed by atoms with Gasteiger partial charge in [0.05, 0.1) is 5.69 Å². The molecule has 0 aliphatic carbocycles. The maximum absolute atomic E-state index is 5.78. The van der Waals surface area contributed by atoms with Crippen LogP contribution in [0.25, 0.3) is 10.6 Å². The fourth-order valence-corrected chi connectivity index (χ4v) is 2.82. The molecule has 0 fully saturated rings. The van der Waals surface area contributed by atoms with Crippen LogP contribution in [0.2, 0.25) is 0 Å². The second kappa shape index (κ2) is 4.43. The molecule has 15 heavy (non-hydrogen) atoms. The Morgan fingerprint density at radius 1 is 1.40 bits per heavy atom. The van der Waals surface area contributed by atoms with Crippen molar-refractivity contribution in [2.45, 2.75) is 13.0 Å². The van der Waals surface area contributed by atoms with Gasteiger partial charge in [-0.3, -0.25) is 0 Å². The van der Waals surface area contributed by atoms with Crippen LogP contribution in [0.15, 0.2) is 34.1 Å². The molecule has 0 aliphatic rings. The topological polar surface area (TPSA) is 38.9 Å². The van der Waals surface area contributed by atoms with Crippen molar-refractivity contribution in [3.8, 4) is 10.6 Å². The number of nitrogens with zero attached hydrogens (tertiary/aromatic N) is 1. The molecule has 2 aromatic rings. The zero-order valence-corrected chi connectivity index (χ0v) is 10.7. The molecule has 1 atom stereocenters. The van der Waals surface area contributed by atoms with Gasteiger partial charge in [-0.1, -0.05) is 34.1 Å². The Morgan fingerprint density at radius 3 is 2.73 bits per heavy atom. The van der Waals surface area contributed by atoms with Gasteiger partial charge in [0, 0.05) is 21.5 Å². The number of benzene rings is 1. The molecule has 0 saturated heterocycles. The van der Waals surface area contributed by atoms with Gasteiger partial charge in [0.2, 0.25) is 0 Å². The molecule has 1 aromatic heterocycles. The molecule has 4 heteroatoms. The van der Waals surface area contributed by atoms with E-state index in [1.807, 2.05) is 36.6 Å². The fourth-order valence-electron chi connectivity index (χ4n) is 1.25. The average Bonchev–Trinajstić information content (AvgIpc) is 2.67. The third-order valence-electron chi connectivity index (χ3n) is 2.09. The van der Waals surface area contributed by atoms with Crippen molar-refractivity contribution in [3.05, 3.63) is 39.8 Å². The summed E-state index contributed by atoms with van der Waals surface area (Å²) in [5, 5.41) is 3.02. The van der Waals surface area contributed by atoms with Crippen LogP contribution in [-0.2, 0) is 0 Å². The summed E-state index contributed by atoms with van der Waals surface area (Å²) in [5.41, 5.74) is 7.85. The molecule has 0 spiro atoms. The van der Waals surface area contributed by atoms with Gasteiger partial charge in [-0.05, 0) is 13.0 Å². The van der Waals surface area contributed by atoms with Crippen LogP contribution in [0.4, 0.5) is 0 Å². The second-order valence-electron chi connectivity index (χ2n) is 3.35. The van der Waals surface area contributed by atoms with Gasteiger partial charge in [0.25, 0.3) is 0 Å². The molecule has 0 radical (unpaired) electrons. The smallest absolute Gasteiger partial charge is 0.124 e. The predicted molar refractivity (Wildman–Crippen MR) is 67.9 cm³/mol. The van der Waals surface area contributed by atoms with Crippen molar-refractivity contribution < 1.29 is 0 Å². The van der Waals surface area contributed by atoms with E-state index in [0.717, 1.165) is 20.7 Å². The third kappa shape index (κ3) is 2.27. The molecule has 1 aromatic carbocycles. The summed E-state index contributed by atoms with van der Waals surface area (Å²) in [6.45, 7) is 1.94.